The number of nitrogens with zero attached hydrogens (tertiary/aromatic N) is 3. The van der Waals surface area contributed by atoms with Gasteiger partial charge in [-0.2, -0.15) is 0 Å². The summed E-state index contributed by atoms with van der Waals surface area (Å²) in [4.78, 5) is 24.9. The van der Waals surface area contributed by atoms with E-state index in [-0.39, 0.29) is 6.04 Å². The Kier molecular flexibility index (Phi) is 6.74. The van der Waals surface area contributed by atoms with Crippen molar-refractivity contribution in [2.45, 2.75) is 38.8 Å². The predicted octanol–water partition coefficient (Wildman–Crippen LogP) is 3.40. The van der Waals surface area contributed by atoms with Gasteiger partial charge in [0.05, 0.1) is 24.0 Å². The van der Waals surface area contributed by atoms with Gasteiger partial charge < -0.3 is 25.8 Å². The van der Waals surface area contributed by atoms with Crippen LogP contribution in [0.5, 0.6) is 5.75 Å². The van der Waals surface area contributed by atoms with Gasteiger partial charge in [0.1, 0.15) is 11.4 Å². The van der Waals surface area contributed by atoms with Gasteiger partial charge in [0.25, 0.3) is 0 Å². The molecule has 164 valence electrons. The number of rotatable bonds is 5. The zero-order valence-electron chi connectivity index (χ0n) is 18.2. The lowest BCUT2D eigenvalue weighted by Crippen LogP contribution is -2.36. The van der Waals surface area contributed by atoms with Crippen LogP contribution < -0.4 is 21.1 Å². The Morgan fingerprint density at radius 3 is 2.87 bits per heavy atom. The Morgan fingerprint density at radius 2 is 2.16 bits per heavy atom. The van der Waals surface area contributed by atoms with Crippen LogP contribution in [-0.4, -0.2) is 41.5 Å². The van der Waals surface area contributed by atoms with E-state index in [1.54, 1.807) is 19.5 Å². The predicted molar refractivity (Wildman–Crippen MR) is 120 cm³/mol. The molecule has 1 unspecified atom stereocenters. The zero-order chi connectivity index (χ0) is 22.4. The molecule has 9 nitrogen and oxygen atoms in total. The molecule has 0 radical (unpaired) electrons. The van der Waals surface area contributed by atoms with Crippen LogP contribution in [0.15, 0.2) is 47.4 Å². The summed E-state index contributed by atoms with van der Waals surface area (Å²) in [7, 11) is 1.65. The minimum absolute atomic E-state index is 0.180. The SMILES string of the molecule is CN=CC(=CN)Nc1nccc(-c2ccc3c(c2)OCCC3NC(=O)OC(C)(C)C)n1. The third-order valence-corrected chi connectivity index (χ3v) is 4.40. The van der Waals surface area contributed by atoms with Crippen molar-refractivity contribution in [2.24, 2.45) is 10.7 Å². The molecule has 1 aromatic heterocycles. The summed E-state index contributed by atoms with van der Waals surface area (Å²) < 4.78 is 11.2. The molecule has 4 N–H and O–H groups in total. The molecule has 1 aromatic carbocycles. The number of hydrogen-bond acceptors (Lipinski definition) is 8. The number of alkyl carbamates (subject to hydrolysis) is 1. The maximum atomic E-state index is 12.2. The van der Waals surface area contributed by atoms with E-state index in [1.165, 1.54) is 6.20 Å². The molecule has 1 amide bonds. The first-order valence-electron chi connectivity index (χ1n) is 10.00. The Balaban J connectivity index is 1.80. The highest BCUT2D eigenvalue weighted by Gasteiger charge is 2.26. The van der Waals surface area contributed by atoms with E-state index in [1.807, 2.05) is 45.0 Å². The molecule has 2 aromatic rings. The molecule has 1 atom stereocenters. The van der Waals surface area contributed by atoms with E-state index < -0.39 is 11.7 Å². The van der Waals surface area contributed by atoms with Gasteiger partial charge in [0.2, 0.25) is 5.95 Å². The van der Waals surface area contributed by atoms with Crippen LogP contribution in [0.25, 0.3) is 11.3 Å². The van der Waals surface area contributed by atoms with Crippen LogP contribution in [0.3, 0.4) is 0 Å². The summed E-state index contributed by atoms with van der Waals surface area (Å²) in [5.41, 5.74) is 8.11. The average Bonchev–Trinajstić information content (AvgIpc) is 2.72. The molecule has 2 heterocycles. The lowest BCUT2D eigenvalue weighted by Gasteiger charge is -2.28. The lowest BCUT2D eigenvalue weighted by atomic mass is 9.98. The highest BCUT2D eigenvalue weighted by atomic mass is 16.6. The number of aliphatic imine (C=N–C) groups is 1. The lowest BCUT2D eigenvalue weighted by molar-refractivity contribution is 0.0491. The number of aromatic nitrogens is 2. The summed E-state index contributed by atoms with van der Waals surface area (Å²) in [5, 5.41) is 5.95. The van der Waals surface area contributed by atoms with Crippen LogP contribution in [0, 0.1) is 0 Å². The number of allylic oxidation sites excluding steroid dienone is 1. The summed E-state index contributed by atoms with van der Waals surface area (Å²) in [6.07, 6.45) is 4.86. The smallest absolute Gasteiger partial charge is 0.408 e. The zero-order valence-corrected chi connectivity index (χ0v) is 18.2. The summed E-state index contributed by atoms with van der Waals surface area (Å²) in [6, 6.07) is 7.43. The van der Waals surface area contributed by atoms with Crippen molar-refractivity contribution in [1.29, 1.82) is 0 Å². The van der Waals surface area contributed by atoms with Crippen LogP contribution in [0.2, 0.25) is 0 Å². The number of benzene rings is 1. The molecule has 0 saturated heterocycles. The molecule has 31 heavy (non-hydrogen) atoms. The van der Waals surface area contributed by atoms with Gasteiger partial charge in [-0.05, 0) is 32.9 Å². The van der Waals surface area contributed by atoms with E-state index in [0.717, 1.165) is 16.8 Å². The molecular formula is C22H28N6O3. The summed E-state index contributed by atoms with van der Waals surface area (Å²) >= 11 is 0. The summed E-state index contributed by atoms with van der Waals surface area (Å²) in [5.74, 6) is 1.11. The molecular weight excluding hydrogens is 396 g/mol. The fourth-order valence-electron chi connectivity index (χ4n) is 3.11. The van der Waals surface area contributed by atoms with Crippen LogP contribution in [0.4, 0.5) is 10.7 Å². The van der Waals surface area contributed by atoms with Crippen molar-refractivity contribution in [3.63, 3.8) is 0 Å². The minimum Gasteiger partial charge on any atom is -0.493 e. The van der Waals surface area contributed by atoms with E-state index in [4.69, 9.17) is 15.2 Å². The Morgan fingerprint density at radius 1 is 1.35 bits per heavy atom. The van der Waals surface area contributed by atoms with Crippen molar-refractivity contribution in [1.82, 2.24) is 15.3 Å². The van der Waals surface area contributed by atoms with Gasteiger partial charge in [0.15, 0.2) is 0 Å². The standard InChI is InChI=1S/C22H28N6O3/c1-22(2,3)31-21(29)28-18-8-10-30-19-11-14(5-6-16(18)19)17-7-9-25-20(27-17)26-15(12-23)13-24-4/h5-7,9,11-13,18H,8,10,23H2,1-4H3,(H,28,29)(H,25,26,27). The van der Waals surface area contributed by atoms with Gasteiger partial charge in [-0.25, -0.2) is 14.8 Å². The minimum atomic E-state index is -0.553. The molecule has 0 aliphatic carbocycles. The van der Waals surface area contributed by atoms with Gasteiger partial charge in [0, 0.05) is 43.2 Å². The summed E-state index contributed by atoms with van der Waals surface area (Å²) in [6.45, 7) is 6.00. The third-order valence-electron chi connectivity index (χ3n) is 4.40. The topological polar surface area (TPSA) is 124 Å². The Hall–Kier alpha value is -3.62. The van der Waals surface area contributed by atoms with Gasteiger partial charge >= 0.3 is 6.09 Å². The largest absolute Gasteiger partial charge is 0.493 e. The van der Waals surface area contributed by atoms with Gasteiger partial charge in [-0.15, -0.1) is 0 Å². The number of nitrogens with two attached hydrogens (primary N) is 1. The van der Waals surface area contributed by atoms with Crippen LogP contribution in [0.1, 0.15) is 38.8 Å². The highest BCUT2D eigenvalue weighted by molar-refractivity contribution is 5.82. The third kappa shape index (κ3) is 5.94. The maximum Gasteiger partial charge on any atom is 0.408 e. The molecule has 1 aliphatic heterocycles. The highest BCUT2D eigenvalue weighted by Crippen LogP contribution is 2.35. The van der Waals surface area contributed by atoms with Crippen molar-refractivity contribution in [3.05, 3.63) is 47.9 Å². The molecule has 0 fully saturated rings. The molecule has 1 aliphatic rings. The number of carbonyl (C=O) groups excluding carboxylic acids is 1. The number of anilines is 1. The molecule has 0 saturated carbocycles. The second-order valence-electron chi connectivity index (χ2n) is 7.99. The number of ether oxygens (including phenoxy) is 2. The molecule has 9 heteroatoms. The van der Waals surface area contributed by atoms with E-state index in [2.05, 4.69) is 25.6 Å². The second-order valence-corrected chi connectivity index (χ2v) is 7.99. The van der Waals surface area contributed by atoms with Crippen molar-refractivity contribution < 1.29 is 14.3 Å². The normalized spacial score (nSPS) is 16.4. The van der Waals surface area contributed by atoms with E-state index in [0.29, 0.717) is 30.4 Å². The second kappa shape index (κ2) is 9.46. The fourth-order valence-corrected chi connectivity index (χ4v) is 3.11. The van der Waals surface area contributed by atoms with Crippen molar-refractivity contribution in [3.8, 4) is 17.0 Å². The number of carbonyl (C=O) groups is 1. The quantitative estimate of drug-likeness (QED) is 0.628. The fraction of sp³-hybridized carbons (Fsp3) is 0.364. The first kappa shape index (κ1) is 22.1. The number of fused-ring (bicyclic) bond motifs is 1. The van der Waals surface area contributed by atoms with Crippen LogP contribution >= 0.6 is 0 Å². The van der Waals surface area contributed by atoms with Crippen molar-refractivity contribution in [2.75, 3.05) is 19.0 Å². The van der Waals surface area contributed by atoms with E-state index >= 15 is 0 Å². The first-order valence-corrected chi connectivity index (χ1v) is 10.00. The monoisotopic (exact) mass is 424 g/mol. The average molecular weight is 425 g/mol. The molecule has 3 rings (SSSR count). The van der Waals surface area contributed by atoms with Crippen molar-refractivity contribution >= 4 is 18.3 Å². The van der Waals surface area contributed by atoms with Gasteiger partial charge in [-0.3, -0.25) is 4.99 Å². The van der Waals surface area contributed by atoms with Crippen LogP contribution in [-0.2, 0) is 4.74 Å². The maximum absolute atomic E-state index is 12.2. The number of nitrogens with one attached hydrogen (secondary N) is 2. The number of hydrogen-bond donors (Lipinski definition) is 3. The number of amides is 1. The van der Waals surface area contributed by atoms with E-state index in [9.17, 15) is 4.79 Å². The Labute approximate surface area is 181 Å². The Bertz CT molecular complexity index is 997. The first-order chi connectivity index (χ1) is 14.8. The van der Waals surface area contributed by atoms with Gasteiger partial charge in [-0.1, -0.05) is 12.1 Å². The molecule has 0 bridgehead atoms. The molecule has 0 spiro atoms.